The van der Waals surface area contributed by atoms with Crippen molar-refractivity contribution in [2.75, 3.05) is 0 Å². The Morgan fingerprint density at radius 3 is 2.41 bits per heavy atom. The summed E-state index contributed by atoms with van der Waals surface area (Å²) in [4.78, 5) is 24.0. The first-order chi connectivity index (χ1) is 10.6. The van der Waals surface area contributed by atoms with E-state index in [9.17, 15) is 14.7 Å². The molecule has 1 aromatic carbocycles. The van der Waals surface area contributed by atoms with Gasteiger partial charge in [0.2, 0.25) is 0 Å². The molecule has 1 N–H and O–H groups in total. The fraction of sp³-hybridized carbons (Fsp3) is 0.111. The van der Waals surface area contributed by atoms with E-state index in [4.69, 9.17) is 0 Å². The molecule has 2 aromatic heterocycles. The Hall–Kier alpha value is -2.88. The van der Waals surface area contributed by atoms with E-state index in [0.717, 1.165) is 5.52 Å². The van der Waals surface area contributed by atoms with Crippen molar-refractivity contribution in [1.29, 1.82) is 0 Å². The molecule has 0 aliphatic rings. The molecule has 0 unspecified atom stereocenters. The van der Waals surface area contributed by atoms with Crippen LogP contribution < -0.4 is 0 Å². The maximum Gasteiger partial charge on any atom is 0.337 e. The van der Waals surface area contributed by atoms with Crippen LogP contribution in [-0.2, 0) is 6.42 Å². The highest BCUT2D eigenvalue weighted by atomic mass is 16.4. The summed E-state index contributed by atoms with van der Waals surface area (Å²) in [5.74, 6) is -1.09. The maximum absolute atomic E-state index is 12.4. The number of carboxylic acids is 1. The molecule has 0 bridgehead atoms. The van der Waals surface area contributed by atoms with Crippen LogP contribution in [0.3, 0.4) is 0 Å². The number of benzene rings is 1. The molecular weight excluding hydrogens is 278 g/mol. The molecule has 0 spiro atoms. The number of hydrogen-bond donors (Lipinski definition) is 1. The highest BCUT2D eigenvalue weighted by Crippen LogP contribution is 2.25. The van der Waals surface area contributed by atoms with Crippen molar-refractivity contribution in [3.8, 4) is 0 Å². The van der Waals surface area contributed by atoms with Crippen molar-refractivity contribution in [1.82, 2.24) is 4.40 Å². The number of carbonyl (C=O) groups is 2. The molecule has 0 amide bonds. The summed E-state index contributed by atoms with van der Waals surface area (Å²) in [6.07, 6.45) is 1.89. The van der Waals surface area contributed by atoms with Crippen LogP contribution in [0.4, 0.5) is 0 Å². The topological polar surface area (TPSA) is 58.8 Å². The van der Waals surface area contributed by atoms with Crippen LogP contribution in [-0.4, -0.2) is 21.3 Å². The van der Waals surface area contributed by atoms with Gasteiger partial charge in [-0.1, -0.05) is 36.4 Å². The van der Waals surface area contributed by atoms with Crippen LogP contribution in [0, 0.1) is 6.92 Å². The summed E-state index contributed by atoms with van der Waals surface area (Å²) < 4.78 is 1.82. The van der Waals surface area contributed by atoms with Crippen molar-refractivity contribution in [3.05, 3.63) is 77.1 Å². The van der Waals surface area contributed by atoms with Gasteiger partial charge in [0.1, 0.15) is 0 Å². The van der Waals surface area contributed by atoms with E-state index in [0.29, 0.717) is 16.8 Å². The van der Waals surface area contributed by atoms with Crippen LogP contribution in [0.15, 0.2) is 54.7 Å². The van der Waals surface area contributed by atoms with E-state index < -0.39 is 5.97 Å². The van der Waals surface area contributed by atoms with Crippen LogP contribution in [0.2, 0.25) is 0 Å². The van der Waals surface area contributed by atoms with Gasteiger partial charge < -0.3 is 9.51 Å². The van der Waals surface area contributed by atoms with Gasteiger partial charge in [0, 0.05) is 35.0 Å². The number of aromatic carboxylic acids is 1. The summed E-state index contributed by atoms with van der Waals surface area (Å²) in [7, 11) is 0. The standard InChI is InChI=1S/C18H15NO3/c1-12-17(18(21)22)14(15-9-5-6-10-19(12)15)11-16(20)13-7-3-2-4-8-13/h2-10H,11H2,1H3,(H,21,22). The lowest BCUT2D eigenvalue weighted by atomic mass is 10.00. The number of Topliss-reactive ketones (excluding diaryl/α,β-unsaturated/α-hetero) is 1. The predicted octanol–water partition coefficient (Wildman–Crippen LogP) is 3.37. The van der Waals surface area contributed by atoms with Gasteiger partial charge in [-0.2, -0.15) is 0 Å². The summed E-state index contributed by atoms with van der Waals surface area (Å²) >= 11 is 0. The van der Waals surface area contributed by atoms with Gasteiger partial charge in [-0.3, -0.25) is 4.79 Å². The van der Waals surface area contributed by atoms with E-state index in [-0.39, 0.29) is 17.8 Å². The zero-order valence-electron chi connectivity index (χ0n) is 12.1. The molecule has 2 heterocycles. The second kappa shape index (κ2) is 5.48. The van der Waals surface area contributed by atoms with Gasteiger partial charge in [0.15, 0.2) is 5.78 Å². The Labute approximate surface area is 127 Å². The lowest BCUT2D eigenvalue weighted by Crippen LogP contribution is -2.08. The van der Waals surface area contributed by atoms with Crippen LogP contribution in [0.1, 0.15) is 32.0 Å². The minimum Gasteiger partial charge on any atom is -0.478 e. The molecule has 0 saturated carbocycles. The average molecular weight is 293 g/mol. The number of aryl methyl sites for hydroxylation is 1. The van der Waals surface area contributed by atoms with Crippen molar-refractivity contribution in [2.24, 2.45) is 0 Å². The first-order valence-corrected chi connectivity index (χ1v) is 6.99. The summed E-state index contributed by atoms with van der Waals surface area (Å²) in [5.41, 5.74) is 2.78. The minimum atomic E-state index is -1.00. The zero-order valence-corrected chi connectivity index (χ0v) is 12.1. The molecule has 0 aliphatic carbocycles. The molecule has 0 atom stereocenters. The quantitative estimate of drug-likeness (QED) is 0.750. The second-order valence-corrected chi connectivity index (χ2v) is 5.17. The molecule has 4 nitrogen and oxygen atoms in total. The Bertz CT molecular complexity index is 863. The van der Waals surface area contributed by atoms with E-state index >= 15 is 0 Å². The fourth-order valence-electron chi connectivity index (χ4n) is 2.80. The van der Waals surface area contributed by atoms with E-state index in [1.54, 1.807) is 31.2 Å². The zero-order chi connectivity index (χ0) is 15.7. The Balaban J connectivity index is 2.12. The second-order valence-electron chi connectivity index (χ2n) is 5.17. The number of ketones is 1. The number of nitrogens with zero attached hydrogens (tertiary/aromatic N) is 1. The van der Waals surface area contributed by atoms with Crippen LogP contribution in [0.5, 0.6) is 0 Å². The molecule has 3 rings (SSSR count). The highest BCUT2D eigenvalue weighted by molar-refractivity contribution is 6.02. The molecule has 0 fully saturated rings. The number of pyridine rings is 1. The third-order valence-electron chi connectivity index (χ3n) is 3.84. The molecule has 22 heavy (non-hydrogen) atoms. The first-order valence-electron chi connectivity index (χ1n) is 6.99. The molecule has 0 saturated heterocycles. The van der Waals surface area contributed by atoms with Crippen LogP contribution >= 0.6 is 0 Å². The number of hydrogen-bond acceptors (Lipinski definition) is 2. The van der Waals surface area contributed by atoms with Crippen molar-refractivity contribution in [2.45, 2.75) is 13.3 Å². The molecule has 110 valence electrons. The number of rotatable bonds is 4. The third kappa shape index (κ3) is 2.29. The van der Waals surface area contributed by atoms with Crippen LogP contribution in [0.25, 0.3) is 5.52 Å². The smallest absolute Gasteiger partial charge is 0.337 e. The van der Waals surface area contributed by atoms with E-state index in [2.05, 4.69) is 0 Å². The van der Waals surface area contributed by atoms with E-state index in [1.165, 1.54) is 0 Å². The lowest BCUT2D eigenvalue weighted by molar-refractivity contribution is 0.0695. The Kier molecular flexibility index (Phi) is 3.51. The normalized spacial score (nSPS) is 10.8. The van der Waals surface area contributed by atoms with Gasteiger partial charge in [-0.25, -0.2) is 4.79 Å². The molecular formula is C18H15NO3. The van der Waals surface area contributed by atoms with Crippen molar-refractivity contribution < 1.29 is 14.7 Å². The number of aromatic nitrogens is 1. The number of carbonyl (C=O) groups excluding carboxylic acids is 1. The Morgan fingerprint density at radius 2 is 1.73 bits per heavy atom. The SMILES string of the molecule is Cc1c(C(=O)O)c(CC(=O)c2ccccc2)c2ccccn12. The van der Waals surface area contributed by atoms with Gasteiger partial charge >= 0.3 is 5.97 Å². The maximum atomic E-state index is 12.4. The van der Waals surface area contributed by atoms with Gasteiger partial charge in [-0.05, 0) is 19.1 Å². The fourth-order valence-corrected chi connectivity index (χ4v) is 2.80. The van der Waals surface area contributed by atoms with Gasteiger partial charge in [0.05, 0.1) is 5.56 Å². The van der Waals surface area contributed by atoms with Gasteiger partial charge in [0.25, 0.3) is 0 Å². The number of fused-ring (bicyclic) bond motifs is 1. The number of carboxylic acid groups (broad SMARTS) is 1. The first kappa shape index (κ1) is 14.1. The third-order valence-corrected chi connectivity index (χ3v) is 3.84. The van der Waals surface area contributed by atoms with Crippen molar-refractivity contribution in [3.63, 3.8) is 0 Å². The van der Waals surface area contributed by atoms with E-state index in [1.807, 2.05) is 34.9 Å². The predicted molar refractivity (Wildman–Crippen MR) is 83.6 cm³/mol. The monoisotopic (exact) mass is 293 g/mol. The molecule has 0 aliphatic heterocycles. The molecule has 3 aromatic rings. The molecule has 4 heteroatoms. The summed E-state index contributed by atoms with van der Waals surface area (Å²) in [6.45, 7) is 1.76. The lowest BCUT2D eigenvalue weighted by Gasteiger charge is -2.02. The average Bonchev–Trinajstić information content (AvgIpc) is 2.81. The Morgan fingerprint density at radius 1 is 1.05 bits per heavy atom. The largest absolute Gasteiger partial charge is 0.478 e. The van der Waals surface area contributed by atoms with Crippen molar-refractivity contribution >= 4 is 17.3 Å². The highest BCUT2D eigenvalue weighted by Gasteiger charge is 2.22. The summed E-state index contributed by atoms with van der Waals surface area (Å²) in [6, 6.07) is 14.5. The minimum absolute atomic E-state index is 0.0764. The van der Waals surface area contributed by atoms with Gasteiger partial charge in [-0.15, -0.1) is 0 Å². The summed E-state index contributed by atoms with van der Waals surface area (Å²) in [5, 5.41) is 9.51. The molecule has 0 radical (unpaired) electrons.